The first-order valence-corrected chi connectivity index (χ1v) is 6.67. The summed E-state index contributed by atoms with van der Waals surface area (Å²) in [6.45, 7) is 1.91. The zero-order valence-electron chi connectivity index (χ0n) is 10.4. The Labute approximate surface area is 107 Å². The van der Waals surface area contributed by atoms with E-state index in [2.05, 4.69) is 16.4 Å². The van der Waals surface area contributed by atoms with Crippen LogP contribution in [0.2, 0.25) is 0 Å². The highest BCUT2D eigenvalue weighted by Gasteiger charge is 2.21. The van der Waals surface area contributed by atoms with Crippen molar-refractivity contribution in [1.29, 1.82) is 5.26 Å². The molecule has 1 atom stereocenters. The molecule has 3 rings (SSSR count). The molecule has 1 N–H and O–H groups in total. The molecule has 18 heavy (non-hydrogen) atoms. The first kappa shape index (κ1) is 11.5. The van der Waals surface area contributed by atoms with E-state index in [1.807, 2.05) is 6.07 Å². The minimum atomic E-state index is 0.151. The molecule has 4 heteroatoms. The average molecular weight is 243 g/mol. The Morgan fingerprint density at radius 1 is 1.39 bits per heavy atom. The second-order valence-electron chi connectivity index (χ2n) is 5.00. The van der Waals surface area contributed by atoms with E-state index in [0.717, 1.165) is 50.9 Å². The number of ether oxygens (including phenoxy) is 1. The SMILES string of the molecule is N#Cc1cc2c(nc1O[C@H]1CCCNC1)CCC2. The van der Waals surface area contributed by atoms with Crippen molar-refractivity contribution in [2.45, 2.75) is 38.2 Å². The first-order valence-electron chi connectivity index (χ1n) is 6.67. The molecule has 1 aromatic heterocycles. The Morgan fingerprint density at radius 2 is 2.33 bits per heavy atom. The van der Waals surface area contributed by atoms with Gasteiger partial charge in [-0.25, -0.2) is 4.98 Å². The summed E-state index contributed by atoms with van der Waals surface area (Å²) in [7, 11) is 0. The molecule has 0 aromatic carbocycles. The zero-order chi connectivity index (χ0) is 12.4. The molecule has 94 valence electrons. The highest BCUT2D eigenvalue weighted by atomic mass is 16.5. The largest absolute Gasteiger partial charge is 0.472 e. The average Bonchev–Trinajstić information content (AvgIpc) is 2.86. The van der Waals surface area contributed by atoms with Crippen LogP contribution in [0, 0.1) is 11.3 Å². The van der Waals surface area contributed by atoms with Crippen LogP contribution in [0.3, 0.4) is 0 Å². The van der Waals surface area contributed by atoms with Gasteiger partial charge in [0.15, 0.2) is 0 Å². The van der Waals surface area contributed by atoms with Gasteiger partial charge in [-0.2, -0.15) is 5.26 Å². The van der Waals surface area contributed by atoms with Crippen molar-refractivity contribution >= 4 is 0 Å². The Morgan fingerprint density at radius 3 is 3.11 bits per heavy atom. The number of rotatable bonds is 2. The number of nitrogens with one attached hydrogen (secondary N) is 1. The van der Waals surface area contributed by atoms with Crippen LogP contribution in [-0.4, -0.2) is 24.2 Å². The number of piperidine rings is 1. The van der Waals surface area contributed by atoms with Gasteiger partial charge >= 0.3 is 0 Å². The Bertz CT molecular complexity index is 487. The minimum Gasteiger partial charge on any atom is -0.472 e. The Kier molecular flexibility index (Phi) is 3.16. The molecule has 1 fully saturated rings. The topological polar surface area (TPSA) is 57.9 Å². The third-order valence-corrected chi connectivity index (χ3v) is 3.67. The second kappa shape index (κ2) is 4.95. The maximum absolute atomic E-state index is 9.19. The van der Waals surface area contributed by atoms with Crippen molar-refractivity contribution in [3.8, 4) is 11.9 Å². The molecular weight excluding hydrogens is 226 g/mol. The molecule has 1 aromatic rings. The van der Waals surface area contributed by atoms with Crippen LogP contribution in [0.5, 0.6) is 5.88 Å². The third kappa shape index (κ3) is 2.19. The zero-order valence-corrected chi connectivity index (χ0v) is 10.4. The summed E-state index contributed by atoms with van der Waals surface area (Å²) in [5, 5.41) is 12.5. The predicted molar refractivity (Wildman–Crippen MR) is 67.5 cm³/mol. The molecule has 1 aliphatic heterocycles. The van der Waals surface area contributed by atoms with Crippen molar-refractivity contribution < 1.29 is 4.74 Å². The summed E-state index contributed by atoms with van der Waals surface area (Å²) in [5.41, 5.74) is 2.93. The molecule has 0 amide bonds. The number of aryl methyl sites for hydroxylation is 2. The second-order valence-corrected chi connectivity index (χ2v) is 5.00. The number of aromatic nitrogens is 1. The Hall–Kier alpha value is -1.60. The monoisotopic (exact) mass is 243 g/mol. The Balaban J connectivity index is 1.84. The number of nitrogens with zero attached hydrogens (tertiary/aromatic N) is 2. The quantitative estimate of drug-likeness (QED) is 0.856. The molecule has 0 spiro atoms. The summed E-state index contributed by atoms with van der Waals surface area (Å²) in [4.78, 5) is 4.55. The number of pyridine rings is 1. The molecule has 0 radical (unpaired) electrons. The van der Waals surface area contributed by atoms with Crippen LogP contribution in [0.25, 0.3) is 0 Å². The van der Waals surface area contributed by atoms with Gasteiger partial charge in [0, 0.05) is 12.2 Å². The van der Waals surface area contributed by atoms with Gasteiger partial charge in [0.1, 0.15) is 17.7 Å². The molecule has 0 saturated carbocycles. The van der Waals surface area contributed by atoms with Crippen molar-refractivity contribution in [1.82, 2.24) is 10.3 Å². The van der Waals surface area contributed by atoms with Crippen LogP contribution in [0.1, 0.15) is 36.1 Å². The number of fused-ring (bicyclic) bond motifs is 1. The normalized spacial score (nSPS) is 22.3. The van der Waals surface area contributed by atoms with Crippen molar-refractivity contribution in [3.63, 3.8) is 0 Å². The highest BCUT2D eigenvalue weighted by Crippen LogP contribution is 2.27. The molecule has 1 saturated heterocycles. The smallest absolute Gasteiger partial charge is 0.232 e. The van der Waals surface area contributed by atoms with Gasteiger partial charge in [-0.1, -0.05) is 0 Å². The molecule has 0 bridgehead atoms. The van der Waals surface area contributed by atoms with Crippen LogP contribution >= 0.6 is 0 Å². The van der Waals surface area contributed by atoms with Crippen molar-refractivity contribution in [2.24, 2.45) is 0 Å². The molecule has 2 heterocycles. The standard InChI is InChI=1S/C14H17N3O/c15-8-11-7-10-3-1-5-13(10)17-14(11)18-12-4-2-6-16-9-12/h7,12,16H,1-6,9H2/t12-/m0/s1. The summed E-state index contributed by atoms with van der Waals surface area (Å²) in [6, 6.07) is 4.17. The van der Waals surface area contributed by atoms with Crippen LogP contribution in [0.15, 0.2) is 6.07 Å². The van der Waals surface area contributed by atoms with Gasteiger partial charge in [0.25, 0.3) is 0 Å². The molecular formula is C14H17N3O. The predicted octanol–water partition coefficient (Wildman–Crippen LogP) is 1.57. The van der Waals surface area contributed by atoms with E-state index < -0.39 is 0 Å². The van der Waals surface area contributed by atoms with Gasteiger partial charge in [-0.15, -0.1) is 0 Å². The van der Waals surface area contributed by atoms with Crippen molar-refractivity contribution in [2.75, 3.05) is 13.1 Å². The molecule has 4 nitrogen and oxygen atoms in total. The van der Waals surface area contributed by atoms with E-state index in [-0.39, 0.29) is 6.10 Å². The maximum Gasteiger partial charge on any atom is 0.232 e. The van der Waals surface area contributed by atoms with Gasteiger partial charge in [-0.05, 0) is 50.3 Å². The lowest BCUT2D eigenvalue weighted by Crippen LogP contribution is -2.37. The first-order chi connectivity index (χ1) is 8.86. The minimum absolute atomic E-state index is 0.151. The molecule has 0 unspecified atom stereocenters. The van der Waals surface area contributed by atoms with Crippen LogP contribution in [-0.2, 0) is 12.8 Å². The fourth-order valence-corrected chi connectivity index (χ4v) is 2.70. The van der Waals surface area contributed by atoms with Crippen LogP contribution < -0.4 is 10.1 Å². The molecule has 1 aliphatic carbocycles. The lowest BCUT2D eigenvalue weighted by atomic mass is 10.1. The summed E-state index contributed by atoms with van der Waals surface area (Å²) >= 11 is 0. The van der Waals surface area contributed by atoms with E-state index in [1.54, 1.807) is 0 Å². The maximum atomic E-state index is 9.19. The lowest BCUT2D eigenvalue weighted by Gasteiger charge is -2.24. The summed E-state index contributed by atoms with van der Waals surface area (Å²) in [6.07, 6.45) is 5.51. The van der Waals surface area contributed by atoms with E-state index in [4.69, 9.17) is 4.74 Å². The fraction of sp³-hybridized carbons (Fsp3) is 0.571. The van der Waals surface area contributed by atoms with Gasteiger partial charge in [-0.3, -0.25) is 0 Å². The summed E-state index contributed by atoms with van der Waals surface area (Å²) in [5.74, 6) is 0.534. The van der Waals surface area contributed by atoms with Crippen molar-refractivity contribution in [3.05, 3.63) is 22.9 Å². The highest BCUT2D eigenvalue weighted by molar-refractivity contribution is 5.44. The van der Waals surface area contributed by atoms with Gasteiger partial charge in [0.05, 0.1) is 0 Å². The van der Waals surface area contributed by atoms with Gasteiger partial charge < -0.3 is 10.1 Å². The lowest BCUT2D eigenvalue weighted by molar-refractivity contribution is 0.159. The van der Waals surface area contributed by atoms with E-state index in [9.17, 15) is 5.26 Å². The third-order valence-electron chi connectivity index (χ3n) is 3.67. The summed E-state index contributed by atoms with van der Waals surface area (Å²) < 4.78 is 5.91. The number of hydrogen-bond donors (Lipinski definition) is 1. The number of hydrogen-bond acceptors (Lipinski definition) is 4. The van der Waals surface area contributed by atoms with Crippen LogP contribution in [0.4, 0.5) is 0 Å². The molecule has 2 aliphatic rings. The number of nitriles is 1. The van der Waals surface area contributed by atoms with E-state index in [0.29, 0.717) is 11.4 Å². The van der Waals surface area contributed by atoms with Gasteiger partial charge in [0.2, 0.25) is 5.88 Å². The van der Waals surface area contributed by atoms with E-state index >= 15 is 0 Å². The van der Waals surface area contributed by atoms with E-state index in [1.165, 1.54) is 5.56 Å². The fourth-order valence-electron chi connectivity index (χ4n) is 2.70.